The summed E-state index contributed by atoms with van der Waals surface area (Å²) in [7, 11) is 11.0. The maximum absolute atomic E-state index is 14.4. The summed E-state index contributed by atoms with van der Waals surface area (Å²) in [5.74, 6) is -1.07. The molecule has 0 aliphatic carbocycles. The van der Waals surface area contributed by atoms with Crippen LogP contribution in [0.1, 0.15) is 197 Å². The molecule has 6 amide bonds. The van der Waals surface area contributed by atoms with Crippen molar-refractivity contribution in [3.05, 3.63) is 0 Å². The molecule has 9 atom stereocenters. The predicted molar refractivity (Wildman–Crippen MR) is 335 cm³/mol. The molecule has 1 rings (SSSR count). The van der Waals surface area contributed by atoms with Gasteiger partial charge in [0.1, 0.15) is 18.2 Å². The third-order valence-corrected chi connectivity index (χ3v) is 15.2. The number of carbonyl (C=O) groups is 6. The van der Waals surface area contributed by atoms with Gasteiger partial charge in [0, 0.05) is 30.7 Å². The van der Waals surface area contributed by atoms with Crippen molar-refractivity contribution in [2.24, 2.45) is 5.41 Å². The molecule has 1 fully saturated rings. The fourth-order valence-corrected chi connectivity index (χ4v) is 10.1. The average molecular weight is 1170 g/mol. The van der Waals surface area contributed by atoms with E-state index in [9.17, 15) is 28.8 Å². The Labute approximate surface area is 497 Å². The third kappa shape index (κ3) is 35.7. The van der Waals surface area contributed by atoms with Crippen molar-refractivity contribution in [2.75, 3.05) is 88.1 Å². The highest BCUT2D eigenvalue weighted by Gasteiger charge is 2.51. The van der Waals surface area contributed by atoms with Crippen molar-refractivity contribution in [2.45, 2.75) is 263 Å². The Bertz CT molecular complexity index is 1760. The normalized spacial score (nSPS) is 17.2. The molecule has 21 nitrogen and oxygen atoms in total. The molecule has 9 unspecified atom stereocenters. The summed E-state index contributed by atoms with van der Waals surface area (Å²) in [6, 6.07) is -3.40. The summed E-state index contributed by atoms with van der Waals surface area (Å²) in [4.78, 5) is 82.1. The van der Waals surface area contributed by atoms with Gasteiger partial charge in [0.2, 0.25) is 35.4 Å². The Morgan fingerprint density at radius 1 is 0.341 bits per heavy atom. The number of hydrogen-bond donors (Lipinski definition) is 14. The molecule has 0 aromatic carbocycles. The lowest BCUT2D eigenvalue weighted by Crippen LogP contribution is -2.54. The van der Waals surface area contributed by atoms with E-state index in [-0.39, 0.29) is 82.3 Å². The van der Waals surface area contributed by atoms with Crippen LogP contribution in [0.15, 0.2) is 0 Å². The van der Waals surface area contributed by atoms with Crippen LogP contribution < -0.4 is 74.4 Å². The quantitative estimate of drug-likeness (QED) is 0.0307. The number of carbonyl (C=O) groups excluding carboxylic acids is 6. The lowest BCUT2D eigenvalue weighted by molar-refractivity contribution is -0.130. The van der Waals surface area contributed by atoms with E-state index in [0.717, 1.165) is 90.4 Å². The van der Waals surface area contributed by atoms with Crippen molar-refractivity contribution in [1.82, 2.24) is 74.4 Å². The molecule has 0 radical (unpaired) electrons. The third-order valence-electron chi connectivity index (χ3n) is 15.2. The van der Waals surface area contributed by atoms with E-state index in [1.54, 1.807) is 21.1 Å². The summed E-state index contributed by atoms with van der Waals surface area (Å²) >= 11 is 0. The smallest absolute Gasteiger partial charge is 0.242 e. The van der Waals surface area contributed by atoms with Crippen LogP contribution in [0.4, 0.5) is 0 Å². The lowest BCUT2D eigenvalue weighted by Gasteiger charge is -2.26. The van der Waals surface area contributed by atoms with Crippen LogP contribution in [0.25, 0.3) is 0 Å². The molecule has 0 bridgehead atoms. The van der Waals surface area contributed by atoms with Crippen molar-refractivity contribution in [1.29, 1.82) is 0 Å². The lowest BCUT2D eigenvalue weighted by atomic mass is 9.87. The molecular weight excluding hydrogens is 1040 g/mol. The Kier molecular flexibility index (Phi) is 40.2. The van der Waals surface area contributed by atoms with Crippen LogP contribution in [0, 0.1) is 5.41 Å². The van der Waals surface area contributed by atoms with Gasteiger partial charge >= 0.3 is 0 Å². The average Bonchev–Trinajstić information content (AvgIpc) is 4.38. The standard InChI is InChI=1S/C61H124N14O7/c1-59(2,3)52-51(82-52)44(73-58(81)50(75-57(80)47(66-14)33-17-24-38-63-11)36-20-27-40-69-53(76)45(64-12)31-16-23-37-62-10)30-18-25-41-70-55(78)49(74-56(79)48(67-15)34-22-29-43-72-61(7,8)9)35-19-26-39-68-54(77)46(65-13)32-21-28-42-71-60(4,5)6/h44-52,62-67,71-72H,16-43H2,1-15H3,(H,68,77)(H,69,76)(H,70,78)(H,73,81)(H,74,79)(H,75,80). The second kappa shape index (κ2) is 43.1. The first-order chi connectivity index (χ1) is 38.9. The molecule has 1 saturated heterocycles. The molecule has 1 heterocycles. The van der Waals surface area contributed by atoms with Crippen LogP contribution in [-0.4, -0.2) is 189 Å². The Hall–Kier alpha value is -3.54. The zero-order valence-corrected chi connectivity index (χ0v) is 54.4. The molecule has 0 aromatic heterocycles. The highest BCUT2D eigenvalue weighted by molar-refractivity contribution is 5.90. The van der Waals surface area contributed by atoms with Crippen LogP contribution >= 0.6 is 0 Å². The molecule has 82 heavy (non-hydrogen) atoms. The largest absolute Gasteiger partial charge is 0.367 e. The van der Waals surface area contributed by atoms with E-state index < -0.39 is 24.2 Å². The number of hydrogen-bond acceptors (Lipinski definition) is 15. The SMILES string of the molecule is CNCCCCC(NC)C(=O)NCCCCC(NC(=O)C(CCCCNC)NC)C(=O)NC(CCCCNC(=O)C(CCCCNC(=O)C(CCCCNC(C)(C)C)NC)NC(=O)C(CCCCNC(C)(C)C)NC)C1OC1C(C)(C)C. The number of rotatable bonds is 49. The Balaban J connectivity index is 3.12. The summed E-state index contributed by atoms with van der Waals surface area (Å²) < 4.78 is 6.27. The van der Waals surface area contributed by atoms with Gasteiger partial charge in [-0.2, -0.15) is 0 Å². The maximum atomic E-state index is 14.4. The van der Waals surface area contributed by atoms with E-state index in [2.05, 4.69) is 137 Å². The summed E-state index contributed by atoms with van der Waals surface area (Å²) in [5, 5.41) is 44.6. The van der Waals surface area contributed by atoms with E-state index in [0.29, 0.717) is 90.3 Å². The van der Waals surface area contributed by atoms with Crippen molar-refractivity contribution < 1.29 is 33.5 Å². The number of nitrogens with one attached hydrogen (secondary N) is 14. The second-order valence-corrected chi connectivity index (χ2v) is 25.9. The Morgan fingerprint density at radius 3 is 0.939 bits per heavy atom. The van der Waals surface area contributed by atoms with Crippen LogP contribution in [0.5, 0.6) is 0 Å². The summed E-state index contributed by atoms with van der Waals surface area (Å²) in [5.41, 5.74) is -0.0920. The number of unbranched alkanes of at least 4 members (excludes halogenated alkanes) is 7. The van der Waals surface area contributed by atoms with Crippen molar-refractivity contribution >= 4 is 35.4 Å². The highest BCUT2D eigenvalue weighted by Crippen LogP contribution is 2.41. The van der Waals surface area contributed by atoms with Crippen LogP contribution in [-0.2, 0) is 33.5 Å². The topological polar surface area (TPSA) is 283 Å². The Morgan fingerprint density at radius 2 is 0.622 bits per heavy atom. The van der Waals surface area contributed by atoms with Crippen LogP contribution in [0.2, 0.25) is 0 Å². The fraction of sp³-hybridized carbons (Fsp3) is 0.902. The van der Waals surface area contributed by atoms with Crippen LogP contribution in [0.3, 0.4) is 0 Å². The number of amides is 6. The monoisotopic (exact) mass is 1160 g/mol. The summed E-state index contributed by atoms with van der Waals surface area (Å²) in [6.45, 7) is 24.0. The van der Waals surface area contributed by atoms with E-state index in [1.165, 1.54) is 0 Å². The minimum atomic E-state index is -0.805. The van der Waals surface area contributed by atoms with Gasteiger partial charge < -0.3 is 79.2 Å². The first kappa shape index (κ1) is 76.5. The molecule has 1 aliphatic heterocycles. The minimum absolute atomic E-state index is 0.0125. The predicted octanol–water partition coefficient (Wildman–Crippen LogP) is 3.36. The van der Waals surface area contributed by atoms with Gasteiger partial charge in [-0.3, -0.25) is 28.8 Å². The molecule has 21 heteroatoms. The van der Waals surface area contributed by atoms with Gasteiger partial charge in [0.15, 0.2) is 0 Å². The van der Waals surface area contributed by atoms with Gasteiger partial charge in [0.05, 0.1) is 36.3 Å². The van der Waals surface area contributed by atoms with Gasteiger partial charge in [-0.25, -0.2) is 0 Å². The number of likely N-dealkylation sites (N-methyl/N-ethyl adjacent to an activating group) is 4. The van der Waals surface area contributed by atoms with Gasteiger partial charge in [0.25, 0.3) is 0 Å². The molecule has 1 aliphatic rings. The molecule has 480 valence electrons. The first-order valence-corrected chi connectivity index (χ1v) is 31.7. The molecule has 14 N–H and O–H groups in total. The van der Waals surface area contributed by atoms with Gasteiger partial charge in [-0.15, -0.1) is 0 Å². The summed E-state index contributed by atoms with van der Waals surface area (Å²) in [6.07, 6.45) is 14.9. The van der Waals surface area contributed by atoms with E-state index in [4.69, 9.17) is 4.74 Å². The highest BCUT2D eigenvalue weighted by atomic mass is 16.6. The molecular formula is C61H124N14O7. The van der Waals surface area contributed by atoms with E-state index >= 15 is 0 Å². The number of epoxide rings is 1. The van der Waals surface area contributed by atoms with Crippen molar-refractivity contribution in [3.8, 4) is 0 Å². The second-order valence-electron chi connectivity index (χ2n) is 25.9. The zero-order chi connectivity index (χ0) is 61.6. The van der Waals surface area contributed by atoms with Gasteiger partial charge in [-0.05, 0) is 225 Å². The molecule has 0 spiro atoms. The minimum Gasteiger partial charge on any atom is -0.367 e. The van der Waals surface area contributed by atoms with Gasteiger partial charge in [-0.1, -0.05) is 46.5 Å². The molecule has 0 saturated carbocycles. The zero-order valence-electron chi connectivity index (χ0n) is 54.4. The maximum Gasteiger partial charge on any atom is 0.242 e. The fourth-order valence-electron chi connectivity index (χ4n) is 10.1. The van der Waals surface area contributed by atoms with Crippen molar-refractivity contribution in [3.63, 3.8) is 0 Å². The first-order valence-electron chi connectivity index (χ1n) is 31.7. The van der Waals surface area contributed by atoms with E-state index in [1.807, 2.05) is 21.1 Å². The molecule has 0 aromatic rings. The number of ether oxygens (including phenoxy) is 1.